The maximum atomic E-state index is 9.09. The summed E-state index contributed by atoms with van der Waals surface area (Å²) in [5.74, 6) is 0. The average molecular weight is 305 g/mol. The maximum absolute atomic E-state index is 9.09. The molecular formula is C16H23N3OS. The van der Waals surface area contributed by atoms with Gasteiger partial charge in [-0.2, -0.15) is 0 Å². The first-order valence-electron chi connectivity index (χ1n) is 7.62. The van der Waals surface area contributed by atoms with Crippen LogP contribution in [0, 0.1) is 0 Å². The van der Waals surface area contributed by atoms with Gasteiger partial charge in [-0.3, -0.25) is 9.89 Å². The van der Waals surface area contributed by atoms with Crippen molar-refractivity contribution in [2.24, 2.45) is 12.0 Å². The predicted molar refractivity (Wildman–Crippen MR) is 87.5 cm³/mol. The number of nitrogens with zero attached hydrogens (tertiary/aromatic N) is 3. The lowest BCUT2D eigenvalue weighted by atomic mass is 9.99. The molecule has 0 bridgehead atoms. The molecule has 2 unspecified atom stereocenters. The van der Waals surface area contributed by atoms with E-state index in [2.05, 4.69) is 47.7 Å². The van der Waals surface area contributed by atoms with Crippen molar-refractivity contribution >= 4 is 21.6 Å². The second kappa shape index (κ2) is 6.30. The van der Waals surface area contributed by atoms with Gasteiger partial charge in [-0.1, -0.05) is 23.5 Å². The van der Waals surface area contributed by atoms with Crippen molar-refractivity contribution in [3.8, 4) is 0 Å². The molecule has 4 nitrogen and oxygen atoms in total. The fraction of sp³-hybridized carbons (Fsp3) is 0.562. The van der Waals surface area contributed by atoms with Gasteiger partial charge in [0.15, 0.2) is 4.80 Å². The topological polar surface area (TPSA) is 40.8 Å². The molecule has 1 aromatic heterocycles. The number of aromatic nitrogens is 1. The van der Waals surface area contributed by atoms with Gasteiger partial charge in [0.2, 0.25) is 0 Å². The van der Waals surface area contributed by atoms with E-state index in [0.717, 1.165) is 30.7 Å². The summed E-state index contributed by atoms with van der Waals surface area (Å²) in [6, 6.07) is 9.36. The van der Waals surface area contributed by atoms with E-state index in [1.807, 2.05) is 0 Å². The summed E-state index contributed by atoms with van der Waals surface area (Å²) in [6.45, 7) is 4.30. The van der Waals surface area contributed by atoms with Gasteiger partial charge < -0.3 is 9.67 Å². The number of para-hydroxylation sites is 1. The molecule has 2 atom stereocenters. The zero-order chi connectivity index (χ0) is 14.8. The van der Waals surface area contributed by atoms with E-state index in [4.69, 9.17) is 10.1 Å². The summed E-state index contributed by atoms with van der Waals surface area (Å²) in [5.41, 5.74) is 1.26. The SMILES string of the molecule is CC1CC(N=c2sc3ccccc3n2C)CCN1CCO. The van der Waals surface area contributed by atoms with Crippen LogP contribution in [0.2, 0.25) is 0 Å². The number of hydrogen-bond acceptors (Lipinski definition) is 4. The lowest BCUT2D eigenvalue weighted by Gasteiger charge is -2.35. The molecule has 1 aliphatic heterocycles. The molecule has 0 aliphatic carbocycles. The van der Waals surface area contributed by atoms with Crippen molar-refractivity contribution in [3.05, 3.63) is 29.1 Å². The van der Waals surface area contributed by atoms with Gasteiger partial charge in [0.05, 0.1) is 22.9 Å². The van der Waals surface area contributed by atoms with Crippen molar-refractivity contribution in [1.82, 2.24) is 9.47 Å². The van der Waals surface area contributed by atoms with Crippen LogP contribution in [-0.2, 0) is 7.05 Å². The first-order valence-corrected chi connectivity index (χ1v) is 8.44. The normalized spacial score (nSPS) is 24.8. The van der Waals surface area contributed by atoms with Gasteiger partial charge in [-0.15, -0.1) is 0 Å². The van der Waals surface area contributed by atoms with Crippen molar-refractivity contribution in [1.29, 1.82) is 0 Å². The lowest BCUT2D eigenvalue weighted by molar-refractivity contribution is 0.117. The Morgan fingerprint density at radius 2 is 2.19 bits per heavy atom. The number of aliphatic hydroxyl groups is 1. The monoisotopic (exact) mass is 305 g/mol. The van der Waals surface area contributed by atoms with Crippen LogP contribution in [-0.4, -0.2) is 46.4 Å². The van der Waals surface area contributed by atoms with Crippen molar-refractivity contribution in [2.75, 3.05) is 19.7 Å². The molecule has 1 aromatic carbocycles. The number of likely N-dealkylation sites (tertiary alicyclic amines) is 1. The van der Waals surface area contributed by atoms with E-state index < -0.39 is 0 Å². The number of hydrogen-bond donors (Lipinski definition) is 1. The predicted octanol–water partition coefficient (Wildman–Crippen LogP) is 1.99. The zero-order valence-corrected chi connectivity index (χ0v) is 13.5. The Morgan fingerprint density at radius 1 is 1.38 bits per heavy atom. The van der Waals surface area contributed by atoms with Crippen LogP contribution in [0.25, 0.3) is 10.2 Å². The molecule has 5 heteroatoms. The van der Waals surface area contributed by atoms with Crippen molar-refractivity contribution < 1.29 is 5.11 Å². The summed E-state index contributed by atoms with van der Waals surface area (Å²) in [6.07, 6.45) is 2.16. The van der Waals surface area contributed by atoms with Crippen molar-refractivity contribution in [2.45, 2.75) is 31.8 Å². The molecular weight excluding hydrogens is 282 g/mol. The minimum Gasteiger partial charge on any atom is -0.395 e. The molecule has 3 rings (SSSR count). The second-order valence-corrected chi connectivity index (χ2v) is 6.84. The Morgan fingerprint density at radius 3 is 2.90 bits per heavy atom. The number of aryl methyl sites for hydroxylation is 1. The highest BCUT2D eigenvalue weighted by Crippen LogP contribution is 2.20. The molecule has 1 fully saturated rings. The third-order valence-electron chi connectivity index (χ3n) is 4.38. The van der Waals surface area contributed by atoms with Crippen LogP contribution in [0.3, 0.4) is 0 Å². The molecule has 1 saturated heterocycles. The number of aliphatic hydroxyl groups excluding tert-OH is 1. The molecule has 1 aliphatic rings. The van der Waals surface area contributed by atoms with Gasteiger partial charge in [0.25, 0.3) is 0 Å². The van der Waals surface area contributed by atoms with E-state index in [1.54, 1.807) is 11.3 Å². The highest BCUT2D eigenvalue weighted by Gasteiger charge is 2.24. The molecule has 2 heterocycles. The number of β-amino-alcohol motifs (C(OH)–C–C–N with tert-alkyl or cyclic N) is 1. The first kappa shape index (κ1) is 14.8. The van der Waals surface area contributed by atoms with Crippen LogP contribution in [0.5, 0.6) is 0 Å². The largest absolute Gasteiger partial charge is 0.395 e. The minimum atomic E-state index is 0.247. The van der Waals surface area contributed by atoms with Crippen LogP contribution in [0.4, 0.5) is 0 Å². The van der Waals surface area contributed by atoms with Gasteiger partial charge in [-0.25, -0.2) is 0 Å². The number of piperidine rings is 1. The molecule has 0 amide bonds. The standard InChI is InChI=1S/C16H23N3OS/c1-12-11-13(7-8-19(12)9-10-20)17-16-18(2)14-5-3-4-6-15(14)21-16/h3-6,12-13,20H,7-11H2,1-2H3. The van der Waals surface area contributed by atoms with Crippen molar-refractivity contribution in [3.63, 3.8) is 0 Å². The van der Waals surface area contributed by atoms with Gasteiger partial charge in [0.1, 0.15) is 0 Å². The van der Waals surface area contributed by atoms with Gasteiger partial charge >= 0.3 is 0 Å². The number of rotatable bonds is 3. The number of fused-ring (bicyclic) bond motifs is 1. The van der Waals surface area contributed by atoms with E-state index in [0.29, 0.717) is 12.1 Å². The molecule has 2 aromatic rings. The highest BCUT2D eigenvalue weighted by atomic mass is 32.1. The zero-order valence-electron chi connectivity index (χ0n) is 12.7. The summed E-state index contributed by atoms with van der Waals surface area (Å²) in [7, 11) is 2.10. The maximum Gasteiger partial charge on any atom is 0.185 e. The Kier molecular flexibility index (Phi) is 4.42. The molecule has 1 N–H and O–H groups in total. The quantitative estimate of drug-likeness (QED) is 0.942. The van der Waals surface area contributed by atoms with Crippen LogP contribution in [0.15, 0.2) is 29.3 Å². The fourth-order valence-corrected chi connectivity index (χ4v) is 4.22. The smallest absolute Gasteiger partial charge is 0.185 e. The average Bonchev–Trinajstić information content (AvgIpc) is 2.79. The Balaban J connectivity index is 1.83. The fourth-order valence-electron chi connectivity index (χ4n) is 3.13. The van der Waals surface area contributed by atoms with Crippen LogP contribution >= 0.6 is 11.3 Å². The molecule has 21 heavy (non-hydrogen) atoms. The summed E-state index contributed by atoms with van der Waals surface area (Å²) in [4.78, 5) is 8.47. The number of benzene rings is 1. The lowest BCUT2D eigenvalue weighted by Crippen LogP contribution is -2.43. The van der Waals surface area contributed by atoms with E-state index in [-0.39, 0.29) is 6.61 Å². The van der Waals surface area contributed by atoms with Gasteiger partial charge in [0, 0.05) is 26.2 Å². The Labute approximate surface area is 129 Å². The molecule has 0 saturated carbocycles. The van der Waals surface area contributed by atoms with E-state index in [9.17, 15) is 0 Å². The molecule has 114 valence electrons. The first-order chi connectivity index (χ1) is 10.2. The van der Waals surface area contributed by atoms with Crippen LogP contribution in [0.1, 0.15) is 19.8 Å². The van der Waals surface area contributed by atoms with Gasteiger partial charge in [-0.05, 0) is 31.9 Å². The second-order valence-electron chi connectivity index (χ2n) is 5.83. The molecule has 0 radical (unpaired) electrons. The van der Waals surface area contributed by atoms with E-state index >= 15 is 0 Å². The Bertz CT molecular complexity index is 675. The third-order valence-corrected chi connectivity index (χ3v) is 5.51. The summed E-state index contributed by atoms with van der Waals surface area (Å²) < 4.78 is 3.50. The van der Waals surface area contributed by atoms with E-state index in [1.165, 1.54) is 10.2 Å². The highest BCUT2D eigenvalue weighted by molar-refractivity contribution is 7.16. The minimum absolute atomic E-state index is 0.247. The third kappa shape index (κ3) is 3.05. The Hall–Kier alpha value is -1.17. The summed E-state index contributed by atoms with van der Waals surface area (Å²) >= 11 is 1.77. The van der Waals surface area contributed by atoms with Crippen LogP contribution < -0.4 is 4.80 Å². The number of thiazole rings is 1. The summed E-state index contributed by atoms with van der Waals surface area (Å²) in [5, 5.41) is 9.09. The molecule has 0 spiro atoms.